The van der Waals surface area contributed by atoms with Crippen molar-refractivity contribution >= 4 is 29.4 Å². The second-order valence-electron chi connectivity index (χ2n) is 12.0. The number of amides is 2. The zero-order chi connectivity index (χ0) is 32.8. The number of carboxylic acid groups (broad SMARTS) is 1. The van der Waals surface area contributed by atoms with Gasteiger partial charge in [0.25, 0.3) is 5.91 Å². The highest BCUT2D eigenvalue weighted by molar-refractivity contribution is 6.36. The number of nitrogens with zero attached hydrogens (tertiary/aromatic N) is 1. The van der Waals surface area contributed by atoms with Crippen LogP contribution in [0, 0.1) is 30.3 Å². The molecule has 1 saturated heterocycles. The smallest absolute Gasteiger partial charge is 0.305 e. The SMILES string of the molecule is Cc1cc(F)c(F)c(OCC(=O)[C@H](CC(=O)O)NC(=O)[C@@H]2CCCCN(C(=O)C(=O)Cc3ccccc3C(C)(C)C)C2)c1F. The number of likely N-dealkylation sites (tertiary alicyclic amines) is 1. The summed E-state index contributed by atoms with van der Waals surface area (Å²) in [5, 5.41) is 11.7. The van der Waals surface area contributed by atoms with Gasteiger partial charge in [0.1, 0.15) is 12.6 Å². The highest BCUT2D eigenvalue weighted by Crippen LogP contribution is 2.28. The van der Waals surface area contributed by atoms with E-state index < -0.39 is 77.5 Å². The van der Waals surface area contributed by atoms with E-state index in [0.717, 1.165) is 11.1 Å². The van der Waals surface area contributed by atoms with Crippen molar-refractivity contribution < 1.29 is 47.0 Å². The average molecular weight is 619 g/mol. The zero-order valence-electron chi connectivity index (χ0n) is 25.2. The Bertz CT molecular complexity index is 1410. The number of aryl methyl sites for hydroxylation is 1. The van der Waals surface area contributed by atoms with Gasteiger partial charge in [-0.05, 0) is 47.9 Å². The van der Waals surface area contributed by atoms with Crippen molar-refractivity contribution in [3.05, 3.63) is 64.5 Å². The molecule has 3 rings (SSSR count). The first-order chi connectivity index (χ1) is 20.6. The van der Waals surface area contributed by atoms with Crippen LogP contribution in [0.1, 0.15) is 63.1 Å². The Hall–Kier alpha value is -4.22. The standard InChI is InChI=1S/C32H37F3N2O7/c1-18-13-22(33)28(35)29(27(18)34)44-17-25(39)23(15-26(40)41)36-30(42)20-10-7-8-12-37(16-20)31(43)24(38)14-19-9-5-6-11-21(19)32(2,3)4/h5-6,9,11,13,20,23H,7-8,10,12,14-17H2,1-4H3,(H,36,42)(H,40,41)/t20-,23+/m1/s1. The lowest BCUT2D eigenvalue weighted by molar-refractivity contribution is -0.145. The Kier molecular flexibility index (Phi) is 11.3. The van der Waals surface area contributed by atoms with Gasteiger partial charge < -0.3 is 20.1 Å². The number of hydrogen-bond acceptors (Lipinski definition) is 6. The average Bonchev–Trinajstić information content (AvgIpc) is 3.21. The first-order valence-corrected chi connectivity index (χ1v) is 14.3. The van der Waals surface area contributed by atoms with Crippen molar-refractivity contribution in [2.45, 2.75) is 71.3 Å². The lowest BCUT2D eigenvalue weighted by atomic mass is 9.82. The summed E-state index contributed by atoms with van der Waals surface area (Å²) in [5.74, 6) is -10.8. The second-order valence-corrected chi connectivity index (χ2v) is 12.0. The molecule has 1 fully saturated rings. The number of hydrogen-bond donors (Lipinski definition) is 2. The van der Waals surface area contributed by atoms with E-state index in [4.69, 9.17) is 4.74 Å². The third kappa shape index (κ3) is 8.67. The zero-order valence-corrected chi connectivity index (χ0v) is 25.2. The second kappa shape index (κ2) is 14.5. The van der Waals surface area contributed by atoms with E-state index in [1.807, 2.05) is 32.9 Å². The van der Waals surface area contributed by atoms with E-state index >= 15 is 0 Å². The molecule has 2 N–H and O–H groups in total. The molecule has 0 radical (unpaired) electrons. The molecule has 2 aromatic rings. The van der Waals surface area contributed by atoms with Crippen molar-refractivity contribution in [3.8, 4) is 5.75 Å². The van der Waals surface area contributed by atoms with Gasteiger partial charge in [-0.1, -0.05) is 51.5 Å². The number of carbonyl (C=O) groups is 5. The molecular weight excluding hydrogens is 581 g/mol. The molecule has 2 atom stereocenters. The first-order valence-electron chi connectivity index (χ1n) is 14.3. The molecular formula is C32H37F3N2O7. The van der Waals surface area contributed by atoms with Crippen LogP contribution in [0.25, 0.3) is 0 Å². The molecule has 1 heterocycles. The number of halogens is 3. The predicted octanol–water partition coefficient (Wildman–Crippen LogP) is 4.06. The summed E-state index contributed by atoms with van der Waals surface area (Å²) in [6.45, 7) is 6.25. The van der Waals surface area contributed by atoms with Gasteiger partial charge in [0, 0.05) is 19.5 Å². The number of ketones is 2. The van der Waals surface area contributed by atoms with Gasteiger partial charge in [-0.15, -0.1) is 0 Å². The molecule has 0 aliphatic carbocycles. The largest absolute Gasteiger partial charge is 0.481 e. The Labute approximate surface area is 253 Å². The quantitative estimate of drug-likeness (QED) is 0.287. The fourth-order valence-corrected chi connectivity index (χ4v) is 5.15. The number of benzene rings is 2. The maximum Gasteiger partial charge on any atom is 0.305 e. The van der Waals surface area contributed by atoms with E-state index in [2.05, 4.69) is 5.32 Å². The maximum absolute atomic E-state index is 14.3. The molecule has 238 valence electrons. The van der Waals surface area contributed by atoms with Gasteiger partial charge in [0.2, 0.25) is 17.5 Å². The molecule has 1 aliphatic heterocycles. The number of Topliss-reactive ketones (excluding diaryl/α,β-unsaturated/α-hetero) is 2. The molecule has 0 spiro atoms. The molecule has 0 aromatic heterocycles. The van der Waals surface area contributed by atoms with Crippen molar-refractivity contribution in [2.75, 3.05) is 19.7 Å². The van der Waals surface area contributed by atoms with Crippen LogP contribution in [0.3, 0.4) is 0 Å². The number of aliphatic carboxylic acids is 1. The number of rotatable bonds is 11. The van der Waals surface area contributed by atoms with Crippen molar-refractivity contribution in [3.63, 3.8) is 0 Å². The number of carboxylic acids is 1. The molecule has 9 nitrogen and oxygen atoms in total. The fraction of sp³-hybridized carbons (Fsp3) is 0.469. The first kappa shape index (κ1) is 34.3. The van der Waals surface area contributed by atoms with Crippen LogP contribution in [0.4, 0.5) is 13.2 Å². The number of carbonyl (C=O) groups excluding carboxylic acids is 4. The summed E-state index contributed by atoms with van der Waals surface area (Å²) in [4.78, 5) is 65.0. The lowest BCUT2D eigenvalue weighted by Crippen LogP contribution is -2.49. The van der Waals surface area contributed by atoms with E-state index in [1.54, 1.807) is 12.1 Å². The summed E-state index contributed by atoms with van der Waals surface area (Å²) in [6.07, 6.45) is 0.390. The normalized spacial score (nSPS) is 16.1. The molecule has 2 amide bonds. The van der Waals surface area contributed by atoms with Gasteiger partial charge in [0.15, 0.2) is 23.2 Å². The molecule has 0 saturated carbocycles. The Morgan fingerprint density at radius 3 is 2.41 bits per heavy atom. The van der Waals surface area contributed by atoms with Gasteiger partial charge in [-0.3, -0.25) is 24.0 Å². The van der Waals surface area contributed by atoms with Gasteiger partial charge >= 0.3 is 5.97 Å². The molecule has 12 heteroatoms. The van der Waals surface area contributed by atoms with Crippen molar-refractivity contribution in [1.29, 1.82) is 0 Å². The van der Waals surface area contributed by atoms with E-state index in [0.29, 0.717) is 25.3 Å². The predicted molar refractivity (Wildman–Crippen MR) is 154 cm³/mol. The van der Waals surface area contributed by atoms with Crippen LogP contribution >= 0.6 is 0 Å². The molecule has 44 heavy (non-hydrogen) atoms. The van der Waals surface area contributed by atoms with Gasteiger partial charge in [0.05, 0.1) is 12.3 Å². The van der Waals surface area contributed by atoms with Crippen LogP contribution < -0.4 is 10.1 Å². The Morgan fingerprint density at radius 2 is 1.75 bits per heavy atom. The number of ether oxygens (including phenoxy) is 1. The van der Waals surface area contributed by atoms with E-state index in [9.17, 15) is 42.3 Å². The summed E-state index contributed by atoms with van der Waals surface area (Å²) >= 11 is 0. The minimum absolute atomic E-state index is 0.110. The highest BCUT2D eigenvalue weighted by Gasteiger charge is 2.33. The van der Waals surface area contributed by atoms with Crippen molar-refractivity contribution in [1.82, 2.24) is 10.2 Å². The van der Waals surface area contributed by atoms with Crippen molar-refractivity contribution in [2.24, 2.45) is 5.92 Å². The van der Waals surface area contributed by atoms with Gasteiger partial charge in [-0.2, -0.15) is 4.39 Å². The van der Waals surface area contributed by atoms with Gasteiger partial charge in [-0.25, -0.2) is 8.78 Å². The molecule has 2 aromatic carbocycles. The maximum atomic E-state index is 14.3. The molecule has 1 aliphatic rings. The summed E-state index contributed by atoms with van der Waals surface area (Å²) in [7, 11) is 0. The minimum atomic E-state index is -1.65. The summed E-state index contributed by atoms with van der Waals surface area (Å²) in [6, 6.07) is 6.34. The topological polar surface area (TPSA) is 130 Å². The third-order valence-corrected chi connectivity index (χ3v) is 7.48. The Morgan fingerprint density at radius 1 is 1.07 bits per heavy atom. The van der Waals surface area contributed by atoms with Crippen LogP contribution in [0.15, 0.2) is 30.3 Å². The third-order valence-electron chi connectivity index (χ3n) is 7.48. The van der Waals surface area contributed by atoms with Crippen LogP contribution in [-0.2, 0) is 35.8 Å². The summed E-state index contributed by atoms with van der Waals surface area (Å²) < 4.78 is 46.9. The Balaban J connectivity index is 1.69. The van der Waals surface area contributed by atoms with Crippen LogP contribution in [0.5, 0.6) is 5.75 Å². The van der Waals surface area contributed by atoms with E-state index in [1.165, 1.54) is 11.8 Å². The van der Waals surface area contributed by atoms with Crippen LogP contribution in [-0.4, -0.2) is 65.1 Å². The molecule has 0 unspecified atom stereocenters. The monoisotopic (exact) mass is 618 g/mol. The lowest BCUT2D eigenvalue weighted by Gasteiger charge is -2.26. The minimum Gasteiger partial charge on any atom is -0.481 e. The van der Waals surface area contributed by atoms with Crippen LogP contribution in [0.2, 0.25) is 0 Å². The molecule has 0 bridgehead atoms. The highest BCUT2D eigenvalue weighted by atomic mass is 19.2. The number of nitrogens with one attached hydrogen (secondary N) is 1. The fourth-order valence-electron chi connectivity index (χ4n) is 5.15. The summed E-state index contributed by atoms with van der Waals surface area (Å²) in [5.41, 5.74) is 1.14. The van der Waals surface area contributed by atoms with E-state index in [-0.39, 0.29) is 30.5 Å².